The summed E-state index contributed by atoms with van der Waals surface area (Å²) in [5.74, 6) is -0.753. The number of amides is 2. The van der Waals surface area contributed by atoms with E-state index in [1.165, 1.54) is 11.3 Å². The number of aryl methyl sites for hydroxylation is 2. The van der Waals surface area contributed by atoms with Crippen LogP contribution >= 0.6 is 11.3 Å². The molecule has 0 unspecified atom stereocenters. The molecule has 1 aliphatic rings. The van der Waals surface area contributed by atoms with Crippen LogP contribution in [0.25, 0.3) is 0 Å². The van der Waals surface area contributed by atoms with Crippen LogP contribution in [-0.2, 0) is 4.79 Å². The van der Waals surface area contributed by atoms with E-state index in [1.54, 1.807) is 4.90 Å². The summed E-state index contributed by atoms with van der Waals surface area (Å²) in [6.45, 7) is 6.70. The largest absolute Gasteiger partial charge is 0.481 e. The van der Waals surface area contributed by atoms with E-state index in [0.29, 0.717) is 37.5 Å². The lowest BCUT2D eigenvalue weighted by Crippen LogP contribution is -2.47. The molecule has 2 N–H and O–H groups in total. The van der Waals surface area contributed by atoms with Gasteiger partial charge in [0.15, 0.2) is 5.13 Å². The van der Waals surface area contributed by atoms with Crippen LogP contribution in [0.2, 0.25) is 0 Å². The topological polar surface area (TPSA) is 82.5 Å². The first-order chi connectivity index (χ1) is 9.88. The number of likely N-dealkylation sites (tertiary alicyclic amines) is 1. The maximum absolute atomic E-state index is 12.2. The van der Waals surface area contributed by atoms with Gasteiger partial charge in [-0.05, 0) is 33.1 Å². The predicted molar refractivity (Wildman–Crippen MR) is 81.8 cm³/mol. The number of hydrogen-bond donors (Lipinski definition) is 2. The van der Waals surface area contributed by atoms with Crippen molar-refractivity contribution in [2.45, 2.75) is 40.0 Å². The lowest BCUT2D eigenvalue weighted by Gasteiger charge is -2.38. The molecule has 1 saturated heterocycles. The number of piperidine rings is 1. The summed E-state index contributed by atoms with van der Waals surface area (Å²) in [5.41, 5.74) is 0.246. The van der Waals surface area contributed by atoms with Gasteiger partial charge in [-0.1, -0.05) is 6.92 Å². The Morgan fingerprint density at radius 2 is 2.00 bits per heavy atom. The Morgan fingerprint density at radius 3 is 2.43 bits per heavy atom. The van der Waals surface area contributed by atoms with E-state index in [-0.39, 0.29) is 6.03 Å². The van der Waals surface area contributed by atoms with Crippen LogP contribution in [0.15, 0.2) is 0 Å². The zero-order valence-electron chi connectivity index (χ0n) is 12.6. The second-order valence-corrected chi connectivity index (χ2v) is 6.72. The Kier molecular flexibility index (Phi) is 4.51. The molecular formula is C14H21N3O3S. The van der Waals surface area contributed by atoms with Crippen molar-refractivity contribution in [1.82, 2.24) is 9.88 Å². The third-order valence-electron chi connectivity index (χ3n) is 4.38. The molecule has 0 saturated carbocycles. The molecule has 2 rings (SSSR count). The Balaban J connectivity index is 1.95. The maximum atomic E-state index is 12.2. The van der Waals surface area contributed by atoms with Crippen LogP contribution in [0.4, 0.5) is 9.93 Å². The summed E-state index contributed by atoms with van der Waals surface area (Å²) in [4.78, 5) is 30.6. The Labute approximate surface area is 128 Å². The predicted octanol–water partition coefficient (Wildman–Crippen LogP) is 2.87. The summed E-state index contributed by atoms with van der Waals surface area (Å²) >= 11 is 1.45. The zero-order chi connectivity index (χ0) is 15.6. The summed E-state index contributed by atoms with van der Waals surface area (Å²) in [6, 6.07) is -0.196. The molecule has 0 spiro atoms. The van der Waals surface area contributed by atoms with Crippen LogP contribution in [0.3, 0.4) is 0 Å². The molecule has 1 aromatic rings. The van der Waals surface area contributed by atoms with Gasteiger partial charge in [0.25, 0.3) is 0 Å². The zero-order valence-corrected chi connectivity index (χ0v) is 13.4. The first-order valence-electron chi connectivity index (χ1n) is 7.11. The SMILES string of the molecule is CCC1(C(=O)O)CCN(C(=O)Nc2nc(C)c(C)s2)CC1. The van der Waals surface area contributed by atoms with Crippen molar-refractivity contribution >= 4 is 28.5 Å². The minimum atomic E-state index is -0.753. The van der Waals surface area contributed by atoms with Crippen LogP contribution in [0.5, 0.6) is 0 Å². The molecule has 0 radical (unpaired) electrons. The number of carboxylic acids is 1. The minimum Gasteiger partial charge on any atom is -0.481 e. The van der Waals surface area contributed by atoms with Crippen molar-refractivity contribution in [3.05, 3.63) is 10.6 Å². The Morgan fingerprint density at radius 1 is 1.38 bits per heavy atom. The highest BCUT2D eigenvalue weighted by Crippen LogP contribution is 2.35. The number of hydrogen-bond acceptors (Lipinski definition) is 4. The number of aromatic nitrogens is 1. The highest BCUT2D eigenvalue weighted by molar-refractivity contribution is 7.15. The molecule has 6 nitrogen and oxygen atoms in total. The van der Waals surface area contributed by atoms with E-state index in [0.717, 1.165) is 10.6 Å². The smallest absolute Gasteiger partial charge is 0.323 e. The molecule has 1 aromatic heterocycles. The van der Waals surface area contributed by atoms with E-state index >= 15 is 0 Å². The number of thiazole rings is 1. The molecule has 0 atom stereocenters. The Hall–Kier alpha value is -1.63. The number of urea groups is 1. The van der Waals surface area contributed by atoms with E-state index in [4.69, 9.17) is 0 Å². The van der Waals surface area contributed by atoms with E-state index < -0.39 is 11.4 Å². The molecule has 7 heteroatoms. The molecule has 0 aromatic carbocycles. The van der Waals surface area contributed by atoms with Crippen LogP contribution in [0.1, 0.15) is 36.8 Å². The van der Waals surface area contributed by atoms with Gasteiger partial charge in [0.05, 0.1) is 11.1 Å². The van der Waals surface area contributed by atoms with E-state index in [2.05, 4.69) is 10.3 Å². The number of rotatable bonds is 3. The third kappa shape index (κ3) is 3.18. The van der Waals surface area contributed by atoms with Gasteiger partial charge in [-0.2, -0.15) is 0 Å². The summed E-state index contributed by atoms with van der Waals surface area (Å²) in [5, 5.41) is 12.7. The standard InChI is InChI=1S/C14H21N3O3S/c1-4-14(11(18)19)5-7-17(8-6-14)13(20)16-12-15-9(2)10(3)21-12/h4-8H2,1-3H3,(H,18,19)(H,15,16,20). The molecule has 1 aliphatic heterocycles. The molecule has 0 aliphatic carbocycles. The van der Waals surface area contributed by atoms with Crippen LogP contribution < -0.4 is 5.32 Å². The number of nitrogens with zero attached hydrogens (tertiary/aromatic N) is 2. The quantitative estimate of drug-likeness (QED) is 0.899. The average molecular weight is 311 g/mol. The molecular weight excluding hydrogens is 290 g/mol. The number of anilines is 1. The fourth-order valence-electron chi connectivity index (χ4n) is 2.55. The second-order valence-electron chi connectivity index (χ2n) is 5.52. The minimum absolute atomic E-state index is 0.196. The monoisotopic (exact) mass is 311 g/mol. The van der Waals surface area contributed by atoms with Crippen molar-refractivity contribution in [2.24, 2.45) is 5.41 Å². The van der Waals surface area contributed by atoms with Crippen molar-refractivity contribution in [1.29, 1.82) is 0 Å². The van der Waals surface area contributed by atoms with Gasteiger partial charge >= 0.3 is 12.0 Å². The van der Waals surface area contributed by atoms with Crippen molar-refractivity contribution in [3.8, 4) is 0 Å². The number of aliphatic carboxylic acids is 1. The van der Waals surface area contributed by atoms with Gasteiger partial charge in [0, 0.05) is 18.0 Å². The highest BCUT2D eigenvalue weighted by Gasteiger charge is 2.40. The van der Waals surface area contributed by atoms with Gasteiger partial charge in [-0.25, -0.2) is 9.78 Å². The number of carbonyl (C=O) groups excluding carboxylic acids is 1. The number of carboxylic acid groups (broad SMARTS) is 1. The maximum Gasteiger partial charge on any atom is 0.323 e. The molecule has 0 bridgehead atoms. The second kappa shape index (κ2) is 6.01. The Bertz CT molecular complexity index is 528. The van der Waals surface area contributed by atoms with Gasteiger partial charge in [-0.15, -0.1) is 11.3 Å². The van der Waals surface area contributed by atoms with E-state index in [9.17, 15) is 14.7 Å². The average Bonchev–Trinajstić information content (AvgIpc) is 2.77. The van der Waals surface area contributed by atoms with Gasteiger partial charge in [-0.3, -0.25) is 10.1 Å². The number of nitrogens with one attached hydrogen (secondary N) is 1. The van der Waals surface area contributed by atoms with Crippen LogP contribution in [0, 0.1) is 19.3 Å². The molecule has 116 valence electrons. The summed E-state index contributed by atoms with van der Waals surface area (Å²) in [7, 11) is 0. The molecule has 2 heterocycles. The van der Waals surface area contributed by atoms with Crippen molar-refractivity contribution < 1.29 is 14.7 Å². The van der Waals surface area contributed by atoms with Crippen molar-refractivity contribution in [3.63, 3.8) is 0 Å². The third-order valence-corrected chi connectivity index (χ3v) is 5.37. The molecule has 1 fully saturated rings. The molecule has 2 amide bonds. The normalized spacial score (nSPS) is 17.6. The van der Waals surface area contributed by atoms with Gasteiger partial charge in [0.2, 0.25) is 0 Å². The van der Waals surface area contributed by atoms with E-state index in [1.807, 2.05) is 20.8 Å². The lowest BCUT2D eigenvalue weighted by atomic mass is 9.76. The fourth-order valence-corrected chi connectivity index (χ4v) is 3.36. The lowest BCUT2D eigenvalue weighted by molar-refractivity contribution is -0.151. The number of carbonyl (C=O) groups is 2. The van der Waals surface area contributed by atoms with Gasteiger partial charge in [0.1, 0.15) is 0 Å². The van der Waals surface area contributed by atoms with Crippen molar-refractivity contribution in [2.75, 3.05) is 18.4 Å². The first kappa shape index (κ1) is 15.8. The van der Waals surface area contributed by atoms with Gasteiger partial charge < -0.3 is 10.0 Å². The van der Waals surface area contributed by atoms with Crippen LogP contribution in [-0.4, -0.2) is 40.1 Å². The fraction of sp³-hybridized carbons (Fsp3) is 0.643. The highest BCUT2D eigenvalue weighted by atomic mass is 32.1. The summed E-state index contributed by atoms with van der Waals surface area (Å²) < 4.78 is 0. The molecule has 21 heavy (non-hydrogen) atoms. The summed E-state index contributed by atoms with van der Waals surface area (Å²) in [6.07, 6.45) is 1.60. The first-order valence-corrected chi connectivity index (χ1v) is 7.93.